The van der Waals surface area contributed by atoms with Crippen molar-refractivity contribution in [3.8, 4) is 0 Å². The van der Waals surface area contributed by atoms with Crippen molar-refractivity contribution in [2.24, 2.45) is 0 Å². The van der Waals surface area contributed by atoms with E-state index < -0.39 is 29.7 Å². The van der Waals surface area contributed by atoms with Gasteiger partial charge in [0.2, 0.25) is 0 Å². The van der Waals surface area contributed by atoms with Crippen LogP contribution in [0, 0.1) is 0 Å². The summed E-state index contributed by atoms with van der Waals surface area (Å²) in [6.45, 7) is 3.47. The van der Waals surface area contributed by atoms with E-state index in [0.717, 1.165) is 5.56 Å². The normalized spacial score (nSPS) is 24.0. The predicted molar refractivity (Wildman–Crippen MR) is 103 cm³/mol. The molecule has 4 rings (SSSR count). The van der Waals surface area contributed by atoms with Crippen LogP contribution in [0.1, 0.15) is 37.4 Å². The van der Waals surface area contributed by atoms with Crippen LogP contribution in [0.25, 0.3) is 10.9 Å². The number of pyridine rings is 1. The topological polar surface area (TPSA) is 45.1 Å². The Morgan fingerprint density at radius 3 is 2.54 bits per heavy atom. The van der Waals surface area contributed by atoms with Gasteiger partial charge in [0.1, 0.15) is 0 Å². The number of fused-ring (bicyclic) bond motifs is 2. The molecule has 1 heterocycles. The molecule has 0 saturated heterocycles. The van der Waals surface area contributed by atoms with Crippen LogP contribution in [0.15, 0.2) is 60.8 Å². The van der Waals surface area contributed by atoms with Crippen LogP contribution >= 0.6 is 0 Å². The fourth-order valence-corrected chi connectivity index (χ4v) is 4.34. The lowest BCUT2D eigenvalue weighted by Crippen LogP contribution is -2.58. The zero-order valence-corrected chi connectivity index (χ0v) is 15.6. The van der Waals surface area contributed by atoms with Crippen molar-refractivity contribution in [3.05, 3.63) is 71.9 Å². The molecule has 1 aromatic heterocycles. The van der Waals surface area contributed by atoms with Crippen molar-refractivity contribution in [2.45, 2.75) is 43.5 Å². The summed E-state index contributed by atoms with van der Waals surface area (Å²) in [5.41, 5.74) is -1.28. The zero-order chi connectivity index (χ0) is 20.2. The lowest BCUT2D eigenvalue weighted by atomic mass is 9.63. The van der Waals surface area contributed by atoms with Crippen molar-refractivity contribution < 1.29 is 18.3 Å². The number of aliphatic hydroxyl groups is 1. The van der Waals surface area contributed by atoms with Crippen molar-refractivity contribution in [1.82, 2.24) is 4.98 Å². The van der Waals surface area contributed by atoms with Gasteiger partial charge in [-0.05, 0) is 47.2 Å². The first-order chi connectivity index (χ1) is 13.1. The van der Waals surface area contributed by atoms with E-state index >= 15 is 0 Å². The maximum atomic E-state index is 14.1. The summed E-state index contributed by atoms with van der Waals surface area (Å²) in [6, 6.07) is 14.5. The average molecular weight is 386 g/mol. The molecule has 0 spiro atoms. The summed E-state index contributed by atoms with van der Waals surface area (Å²) in [4.78, 5) is 4.26. The van der Waals surface area contributed by atoms with Crippen LogP contribution in [0.3, 0.4) is 0 Å². The molecule has 0 fully saturated rings. The Balaban J connectivity index is 1.91. The molecule has 1 aliphatic rings. The van der Waals surface area contributed by atoms with Crippen molar-refractivity contribution in [3.63, 3.8) is 0 Å². The molecule has 3 aromatic rings. The van der Waals surface area contributed by atoms with E-state index in [9.17, 15) is 18.3 Å². The third kappa shape index (κ3) is 2.83. The Hall–Kier alpha value is -2.60. The lowest BCUT2D eigenvalue weighted by Gasteiger charge is -2.49. The number of hydrogen-bond acceptors (Lipinski definition) is 3. The molecule has 0 bridgehead atoms. The maximum Gasteiger partial charge on any atom is 0.419 e. The lowest BCUT2D eigenvalue weighted by molar-refractivity contribution is -0.275. The molecule has 0 radical (unpaired) electrons. The number of nitrogens with zero attached hydrogens (tertiary/aromatic N) is 1. The Morgan fingerprint density at radius 2 is 1.79 bits per heavy atom. The Bertz CT molecular complexity index is 1030. The standard InChI is InChI=1S/C22H21F3N2O/c1-20(2)13-21(28,22(23,24)25)19(14-7-3-4-9-16(14)20)27-18-11-5-10-17-15(18)8-6-12-26-17/h3-12,19,27-28H,13H2,1-2H3. The molecule has 0 saturated carbocycles. The summed E-state index contributed by atoms with van der Waals surface area (Å²) >= 11 is 0. The van der Waals surface area contributed by atoms with E-state index in [-0.39, 0.29) is 0 Å². The first-order valence-electron chi connectivity index (χ1n) is 9.12. The van der Waals surface area contributed by atoms with Gasteiger partial charge in [0.15, 0.2) is 5.60 Å². The van der Waals surface area contributed by atoms with E-state index in [1.54, 1.807) is 62.5 Å². The van der Waals surface area contributed by atoms with Gasteiger partial charge in [0, 0.05) is 17.3 Å². The second-order valence-corrected chi connectivity index (χ2v) is 8.02. The smallest absolute Gasteiger partial charge is 0.379 e. The van der Waals surface area contributed by atoms with Gasteiger partial charge in [-0.15, -0.1) is 0 Å². The summed E-state index contributed by atoms with van der Waals surface area (Å²) < 4.78 is 42.4. The number of aromatic nitrogens is 1. The second-order valence-electron chi connectivity index (χ2n) is 8.02. The minimum absolute atomic E-state index is 0.429. The fourth-order valence-electron chi connectivity index (χ4n) is 4.34. The summed E-state index contributed by atoms with van der Waals surface area (Å²) in [7, 11) is 0. The van der Waals surface area contributed by atoms with E-state index in [4.69, 9.17) is 0 Å². The highest BCUT2D eigenvalue weighted by Gasteiger charge is 2.63. The summed E-state index contributed by atoms with van der Waals surface area (Å²) in [6.07, 6.45) is -3.59. The molecular formula is C22H21F3N2O. The number of benzene rings is 2. The fraction of sp³-hybridized carbons (Fsp3) is 0.318. The SMILES string of the molecule is CC1(C)CC(O)(C(F)(F)F)C(Nc2cccc3ncccc23)c2ccccc21. The number of nitrogens with one attached hydrogen (secondary N) is 1. The largest absolute Gasteiger partial charge is 0.419 e. The van der Waals surface area contributed by atoms with Gasteiger partial charge >= 0.3 is 6.18 Å². The minimum atomic E-state index is -4.79. The maximum absolute atomic E-state index is 14.1. The highest BCUT2D eigenvalue weighted by atomic mass is 19.4. The van der Waals surface area contributed by atoms with Crippen LogP contribution in [0.5, 0.6) is 0 Å². The number of hydrogen-bond donors (Lipinski definition) is 2. The van der Waals surface area contributed by atoms with Crippen LogP contribution < -0.4 is 5.32 Å². The first-order valence-corrected chi connectivity index (χ1v) is 9.12. The Kier molecular flexibility index (Phi) is 4.16. The summed E-state index contributed by atoms with van der Waals surface area (Å²) in [5, 5.41) is 14.7. The summed E-state index contributed by atoms with van der Waals surface area (Å²) in [5.74, 6) is 0. The molecule has 2 unspecified atom stereocenters. The molecule has 6 heteroatoms. The number of alkyl halides is 3. The monoisotopic (exact) mass is 386 g/mol. The molecule has 0 aliphatic heterocycles. The molecule has 146 valence electrons. The Labute approximate surface area is 161 Å². The van der Waals surface area contributed by atoms with Crippen LogP contribution in [-0.4, -0.2) is 21.9 Å². The van der Waals surface area contributed by atoms with Crippen LogP contribution in [0.4, 0.5) is 18.9 Å². The van der Waals surface area contributed by atoms with Gasteiger partial charge in [-0.2, -0.15) is 13.2 Å². The van der Waals surface area contributed by atoms with Gasteiger partial charge in [0.25, 0.3) is 0 Å². The van der Waals surface area contributed by atoms with Crippen molar-refractivity contribution in [2.75, 3.05) is 5.32 Å². The van der Waals surface area contributed by atoms with Gasteiger partial charge in [-0.3, -0.25) is 4.98 Å². The van der Waals surface area contributed by atoms with Gasteiger partial charge < -0.3 is 10.4 Å². The predicted octanol–water partition coefficient (Wildman–Crippen LogP) is 5.36. The van der Waals surface area contributed by atoms with E-state index in [1.807, 2.05) is 12.1 Å². The van der Waals surface area contributed by atoms with Gasteiger partial charge in [-0.25, -0.2) is 0 Å². The molecule has 2 atom stereocenters. The molecule has 3 nitrogen and oxygen atoms in total. The highest BCUT2D eigenvalue weighted by Crippen LogP contribution is 2.54. The third-order valence-electron chi connectivity index (χ3n) is 5.63. The zero-order valence-electron chi connectivity index (χ0n) is 15.6. The quantitative estimate of drug-likeness (QED) is 0.623. The minimum Gasteiger partial charge on any atom is -0.379 e. The van der Waals surface area contributed by atoms with E-state index in [0.29, 0.717) is 22.2 Å². The molecule has 0 amide bonds. The second kappa shape index (κ2) is 6.21. The number of anilines is 1. The third-order valence-corrected chi connectivity index (χ3v) is 5.63. The van der Waals surface area contributed by atoms with Crippen molar-refractivity contribution in [1.29, 1.82) is 0 Å². The van der Waals surface area contributed by atoms with E-state index in [1.165, 1.54) is 0 Å². The van der Waals surface area contributed by atoms with Crippen LogP contribution in [0.2, 0.25) is 0 Å². The molecule has 28 heavy (non-hydrogen) atoms. The van der Waals surface area contributed by atoms with Crippen molar-refractivity contribution >= 4 is 16.6 Å². The number of halogens is 3. The van der Waals surface area contributed by atoms with Crippen LogP contribution in [-0.2, 0) is 5.41 Å². The van der Waals surface area contributed by atoms with E-state index in [2.05, 4.69) is 10.3 Å². The molecule has 2 N–H and O–H groups in total. The first kappa shape index (κ1) is 18.7. The van der Waals surface area contributed by atoms with Gasteiger partial charge in [0.05, 0.1) is 11.6 Å². The van der Waals surface area contributed by atoms with Gasteiger partial charge in [-0.1, -0.05) is 44.2 Å². The Morgan fingerprint density at radius 1 is 1.04 bits per heavy atom. The molecular weight excluding hydrogens is 365 g/mol. The highest BCUT2D eigenvalue weighted by molar-refractivity contribution is 5.91. The number of rotatable bonds is 2. The average Bonchev–Trinajstić information content (AvgIpc) is 2.64. The molecule has 1 aliphatic carbocycles. The molecule has 2 aromatic carbocycles.